The van der Waals surface area contributed by atoms with Gasteiger partial charge < -0.3 is 0 Å². The van der Waals surface area contributed by atoms with Crippen molar-refractivity contribution in [3.05, 3.63) is 64.2 Å². The van der Waals surface area contributed by atoms with Gasteiger partial charge in [-0.25, -0.2) is 13.2 Å². The largest absolute Gasteiger partial charge is 0.263 e. The lowest BCUT2D eigenvalue weighted by Crippen LogP contribution is -2.01. The van der Waals surface area contributed by atoms with Gasteiger partial charge in [-0.2, -0.15) is 0 Å². The van der Waals surface area contributed by atoms with Gasteiger partial charge >= 0.3 is 0 Å². The Balaban J connectivity index is 2.26. The van der Waals surface area contributed by atoms with Gasteiger partial charge in [0, 0.05) is 12.4 Å². The highest BCUT2D eigenvalue weighted by Crippen LogP contribution is 2.29. The molecule has 1 heterocycles. The van der Waals surface area contributed by atoms with Gasteiger partial charge in [0.25, 0.3) is 0 Å². The van der Waals surface area contributed by atoms with Gasteiger partial charge in [-0.3, -0.25) is 4.98 Å². The molecule has 1 atom stereocenters. The van der Waals surface area contributed by atoms with Gasteiger partial charge in [0.1, 0.15) is 0 Å². The summed E-state index contributed by atoms with van der Waals surface area (Å²) in [5, 5.41) is -0.305. The van der Waals surface area contributed by atoms with E-state index in [0.29, 0.717) is 10.6 Å². The Bertz CT molecular complexity index is 581. The molecular formula is C13H8Cl2F3N. The van der Waals surface area contributed by atoms with Crippen LogP contribution in [0.15, 0.2) is 30.6 Å². The fraction of sp³-hybridized carbons (Fsp3) is 0.154. The summed E-state index contributed by atoms with van der Waals surface area (Å²) in [6.45, 7) is 0. The molecule has 0 bridgehead atoms. The van der Waals surface area contributed by atoms with Crippen molar-refractivity contribution >= 4 is 23.2 Å². The van der Waals surface area contributed by atoms with Crippen molar-refractivity contribution in [2.45, 2.75) is 11.8 Å². The summed E-state index contributed by atoms with van der Waals surface area (Å²) in [7, 11) is 0. The molecule has 0 radical (unpaired) electrons. The zero-order valence-electron chi connectivity index (χ0n) is 9.51. The summed E-state index contributed by atoms with van der Waals surface area (Å²) in [5.74, 6) is -4.03. The number of benzene rings is 1. The molecule has 0 saturated carbocycles. The predicted octanol–water partition coefficient (Wildman–Crippen LogP) is 4.67. The first-order chi connectivity index (χ1) is 8.99. The van der Waals surface area contributed by atoms with Gasteiger partial charge in [0.2, 0.25) is 0 Å². The molecule has 0 amide bonds. The van der Waals surface area contributed by atoms with E-state index in [1.54, 1.807) is 6.07 Å². The second-order valence-corrected chi connectivity index (χ2v) is 4.87. The SMILES string of the molecule is Fc1cc(C(Cl)Cc2ccncc2Cl)cc(F)c1F. The Kier molecular flexibility index (Phi) is 4.32. The van der Waals surface area contributed by atoms with Crippen LogP contribution in [-0.4, -0.2) is 4.98 Å². The highest BCUT2D eigenvalue weighted by atomic mass is 35.5. The van der Waals surface area contributed by atoms with Crippen molar-refractivity contribution < 1.29 is 13.2 Å². The normalized spacial score (nSPS) is 12.5. The molecule has 0 saturated heterocycles. The van der Waals surface area contributed by atoms with Crippen molar-refractivity contribution in [1.29, 1.82) is 0 Å². The van der Waals surface area contributed by atoms with E-state index in [4.69, 9.17) is 23.2 Å². The molecule has 2 rings (SSSR count). The average Bonchev–Trinajstić information content (AvgIpc) is 2.38. The fourth-order valence-electron chi connectivity index (χ4n) is 1.64. The number of halogens is 5. The molecule has 0 aliphatic carbocycles. The number of rotatable bonds is 3. The smallest absolute Gasteiger partial charge is 0.194 e. The predicted molar refractivity (Wildman–Crippen MR) is 67.9 cm³/mol. The molecule has 100 valence electrons. The molecule has 1 nitrogen and oxygen atoms in total. The third-order valence-corrected chi connectivity index (χ3v) is 3.37. The average molecular weight is 306 g/mol. The zero-order valence-corrected chi connectivity index (χ0v) is 11.0. The molecule has 0 aliphatic heterocycles. The fourth-order valence-corrected chi connectivity index (χ4v) is 2.13. The van der Waals surface area contributed by atoms with E-state index in [0.717, 1.165) is 12.1 Å². The third-order valence-electron chi connectivity index (χ3n) is 2.62. The van der Waals surface area contributed by atoms with Crippen LogP contribution in [0, 0.1) is 17.5 Å². The van der Waals surface area contributed by atoms with Crippen LogP contribution in [-0.2, 0) is 6.42 Å². The highest BCUT2D eigenvalue weighted by Gasteiger charge is 2.17. The van der Waals surface area contributed by atoms with Crippen LogP contribution in [0.25, 0.3) is 0 Å². The molecule has 2 aromatic rings. The molecule has 19 heavy (non-hydrogen) atoms. The molecule has 0 aliphatic rings. The van der Waals surface area contributed by atoms with E-state index in [9.17, 15) is 13.2 Å². The molecule has 0 fully saturated rings. The summed E-state index contributed by atoms with van der Waals surface area (Å²) in [5.41, 5.74) is 0.854. The number of hydrogen-bond donors (Lipinski definition) is 0. The number of pyridine rings is 1. The Morgan fingerprint density at radius 1 is 1.16 bits per heavy atom. The van der Waals surface area contributed by atoms with E-state index in [1.807, 2.05) is 0 Å². The Morgan fingerprint density at radius 3 is 2.37 bits per heavy atom. The second kappa shape index (κ2) is 5.80. The minimum atomic E-state index is -1.51. The number of alkyl halides is 1. The lowest BCUT2D eigenvalue weighted by Gasteiger charge is -2.11. The van der Waals surface area contributed by atoms with Crippen molar-refractivity contribution in [3.8, 4) is 0 Å². The van der Waals surface area contributed by atoms with Crippen molar-refractivity contribution in [3.63, 3.8) is 0 Å². The van der Waals surface area contributed by atoms with Crippen LogP contribution in [0.4, 0.5) is 13.2 Å². The minimum absolute atomic E-state index is 0.158. The number of nitrogens with zero attached hydrogens (tertiary/aromatic N) is 1. The maximum Gasteiger partial charge on any atom is 0.194 e. The van der Waals surface area contributed by atoms with Crippen molar-refractivity contribution in [2.24, 2.45) is 0 Å². The maximum atomic E-state index is 13.1. The Morgan fingerprint density at radius 2 is 1.79 bits per heavy atom. The first kappa shape index (κ1) is 14.2. The van der Waals surface area contributed by atoms with Crippen molar-refractivity contribution in [2.75, 3.05) is 0 Å². The van der Waals surface area contributed by atoms with E-state index in [2.05, 4.69) is 4.98 Å². The molecule has 0 N–H and O–H groups in total. The zero-order chi connectivity index (χ0) is 14.0. The van der Waals surface area contributed by atoms with Gasteiger partial charge in [-0.1, -0.05) is 11.6 Å². The lowest BCUT2D eigenvalue weighted by atomic mass is 10.0. The first-order valence-corrected chi connectivity index (χ1v) is 6.17. The van der Waals surface area contributed by atoms with Crippen molar-refractivity contribution in [1.82, 2.24) is 4.98 Å². The van der Waals surface area contributed by atoms with Crippen LogP contribution in [0.3, 0.4) is 0 Å². The van der Waals surface area contributed by atoms with Crippen LogP contribution in [0.5, 0.6) is 0 Å². The quantitative estimate of drug-likeness (QED) is 0.593. The summed E-state index contributed by atoms with van der Waals surface area (Å²) < 4.78 is 39.1. The van der Waals surface area contributed by atoms with Crippen LogP contribution in [0.2, 0.25) is 5.02 Å². The van der Waals surface area contributed by atoms with Gasteiger partial charge in [-0.15, -0.1) is 11.6 Å². The first-order valence-electron chi connectivity index (χ1n) is 5.36. The Labute approximate surface area is 118 Å². The van der Waals surface area contributed by atoms with E-state index >= 15 is 0 Å². The Hall–Kier alpha value is -1.26. The molecule has 6 heteroatoms. The van der Waals surface area contributed by atoms with E-state index in [-0.39, 0.29) is 12.0 Å². The maximum absolute atomic E-state index is 13.1. The van der Waals surface area contributed by atoms with Gasteiger partial charge in [0.05, 0.1) is 10.4 Å². The highest BCUT2D eigenvalue weighted by molar-refractivity contribution is 6.31. The molecule has 0 spiro atoms. The molecule has 1 unspecified atom stereocenters. The summed E-state index contributed by atoms with van der Waals surface area (Å²) in [6.07, 6.45) is 3.25. The van der Waals surface area contributed by atoms with Crippen LogP contribution < -0.4 is 0 Å². The van der Waals surface area contributed by atoms with E-state index < -0.39 is 22.8 Å². The number of aromatic nitrogens is 1. The summed E-state index contributed by atoms with van der Waals surface area (Å²) >= 11 is 12.0. The molecule has 1 aromatic heterocycles. The van der Waals surface area contributed by atoms with Crippen LogP contribution >= 0.6 is 23.2 Å². The summed E-state index contributed by atoms with van der Waals surface area (Å²) in [4.78, 5) is 3.82. The third kappa shape index (κ3) is 3.19. The van der Waals surface area contributed by atoms with Gasteiger partial charge in [-0.05, 0) is 35.7 Å². The van der Waals surface area contributed by atoms with E-state index in [1.165, 1.54) is 12.4 Å². The second-order valence-electron chi connectivity index (χ2n) is 3.94. The minimum Gasteiger partial charge on any atom is -0.263 e. The van der Waals surface area contributed by atoms with Crippen LogP contribution in [0.1, 0.15) is 16.5 Å². The standard InChI is InChI=1S/C13H8Cl2F3N/c14-9(3-7-1-2-19-6-10(7)15)8-4-11(16)13(18)12(17)5-8/h1-2,4-6,9H,3H2. The van der Waals surface area contributed by atoms with Gasteiger partial charge in [0.15, 0.2) is 17.5 Å². The molecular weight excluding hydrogens is 298 g/mol. The topological polar surface area (TPSA) is 12.9 Å². The number of hydrogen-bond acceptors (Lipinski definition) is 1. The summed E-state index contributed by atoms with van der Waals surface area (Å²) in [6, 6.07) is 3.42. The molecule has 1 aromatic carbocycles. The lowest BCUT2D eigenvalue weighted by molar-refractivity contribution is 0.445. The monoisotopic (exact) mass is 305 g/mol.